The van der Waals surface area contributed by atoms with Crippen LogP contribution in [-0.2, 0) is 0 Å². The molecule has 0 radical (unpaired) electrons. The third-order valence-electron chi connectivity index (χ3n) is 3.14. The summed E-state index contributed by atoms with van der Waals surface area (Å²) in [7, 11) is 0. The van der Waals surface area contributed by atoms with Crippen LogP contribution < -0.4 is 0 Å². The van der Waals surface area contributed by atoms with Crippen molar-refractivity contribution < 1.29 is 4.42 Å². The van der Waals surface area contributed by atoms with Crippen molar-refractivity contribution in [3.05, 3.63) is 53.2 Å². The van der Waals surface area contributed by atoms with Crippen molar-refractivity contribution in [2.24, 2.45) is 0 Å². The average molecular weight is 263 g/mol. The topological polar surface area (TPSA) is 65.6 Å². The minimum Gasteiger partial charge on any atom is -0.466 e. The summed E-state index contributed by atoms with van der Waals surface area (Å²) >= 11 is 0. The molecule has 1 N–H and O–H groups in total. The monoisotopic (exact) mass is 263 g/mol. The second-order valence-corrected chi connectivity index (χ2v) is 4.64. The van der Waals surface area contributed by atoms with E-state index in [1.54, 1.807) is 6.08 Å². The second-order valence-electron chi connectivity index (χ2n) is 4.64. The Morgan fingerprint density at radius 3 is 2.80 bits per heavy atom. The summed E-state index contributed by atoms with van der Waals surface area (Å²) in [5.41, 5.74) is 3.16. The first-order chi connectivity index (χ1) is 9.67. The molecule has 0 aliphatic carbocycles. The summed E-state index contributed by atoms with van der Waals surface area (Å²) in [5.74, 6) is 2.20. The smallest absolute Gasteiger partial charge is 0.149 e. The van der Waals surface area contributed by atoms with Crippen molar-refractivity contribution in [3.63, 3.8) is 0 Å². The van der Waals surface area contributed by atoms with Gasteiger partial charge in [0.25, 0.3) is 0 Å². The molecule has 1 aromatic carbocycles. The summed E-state index contributed by atoms with van der Waals surface area (Å²) in [4.78, 5) is 7.60. The fraction of sp³-hybridized carbons (Fsp3) is 0.125. The lowest BCUT2D eigenvalue weighted by Gasteiger charge is -1.93. The summed E-state index contributed by atoms with van der Waals surface area (Å²) in [6.07, 6.45) is 1.80. The van der Waals surface area contributed by atoms with Crippen LogP contribution in [0.4, 0.5) is 0 Å². The lowest BCUT2D eigenvalue weighted by Crippen LogP contribution is -1.84. The van der Waals surface area contributed by atoms with E-state index < -0.39 is 0 Å². The highest BCUT2D eigenvalue weighted by atomic mass is 16.3. The minimum atomic E-state index is 0.491. The Morgan fingerprint density at radius 1 is 1.35 bits per heavy atom. The van der Waals surface area contributed by atoms with Gasteiger partial charge in [-0.3, -0.25) is 0 Å². The first-order valence-electron chi connectivity index (χ1n) is 6.31. The zero-order chi connectivity index (χ0) is 14.1. The molecule has 4 heteroatoms. The molecule has 0 saturated carbocycles. The fourth-order valence-electron chi connectivity index (χ4n) is 2.18. The Balaban J connectivity index is 2.10. The van der Waals surface area contributed by atoms with Gasteiger partial charge in [-0.05, 0) is 38.1 Å². The third kappa shape index (κ3) is 2.10. The fourth-order valence-corrected chi connectivity index (χ4v) is 2.18. The van der Waals surface area contributed by atoms with Gasteiger partial charge in [0.2, 0.25) is 0 Å². The van der Waals surface area contributed by atoms with Crippen LogP contribution in [0.1, 0.15) is 22.9 Å². The molecule has 3 rings (SSSR count). The molecule has 20 heavy (non-hydrogen) atoms. The number of benzene rings is 1. The molecule has 98 valence electrons. The molecular weight excluding hydrogens is 250 g/mol. The average Bonchev–Trinajstić information content (AvgIpc) is 2.99. The number of allylic oxidation sites excluding steroid dienone is 1. The van der Waals surface area contributed by atoms with Gasteiger partial charge < -0.3 is 9.40 Å². The van der Waals surface area contributed by atoms with Gasteiger partial charge >= 0.3 is 0 Å². The molecule has 0 unspecified atom stereocenters. The molecule has 3 aromatic rings. The number of hydrogen-bond donors (Lipinski definition) is 1. The Kier molecular flexibility index (Phi) is 2.88. The van der Waals surface area contributed by atoms with E-state index in [0.717, 1.165) is 28.1 Å². The standard InChI is InChI=1S/C16H13N3O/c1-10-7-12(11(2)20-10)8-13(9-17)16-18-14-5-3-4-6-15(14)19-16/h3-8H,1-2H3,(H,18,19)/b13-8-. The number of nitrogens with one attached hydrogen (secondary N) is 1. The van der Waals surface area contributed by atoms with Gasteiger partial charge in [0.15, 0.2) is 0 Å². The molecule has 0 aliphatic rings. The Bertz CT molecular complexity index is 813. The zero-order valence-electron chi connectivity index (χ0n) is 11.3. The van der Waals surface area contributed by atoms with E-state index in [1.165, 1.54) is 0 Å². The first kappa shape index (κ1) is 12.2. The lowest BCUT2D eigenvalue weighted by atomic mass is 10.1. The maximum atomic E-state index is 9.35. The molecular formula is C16H13N3O. The van der Waals surface area contributed by atoms with Crippen molar-refractivity contribution in [3.8, 4) is 6.07 Å². The number of aryl methyl sites for hydroxylation is 2. The molecule has 0 atom stereocenters. The molecule has 2 aromatic heterocycles. The molecule has 4 nitrogen and oxygen atoms in total. The number of H-pyrrole nitrogens is 1. The SMILES string of the molecule is Cc1cc(/C=C(/C#N)c2nc3ccccc3[nH]2)c(C)o1. The van der Waals surface area contributed by atoms with Gasteiger partial charge in [0, 0.05) is 5.56 Å². The van der Waals surface area contributed by atoms with E-state index in [2.05, 4.69) is 16.0 Å². The molecule has 0 bridgehead atoms. The van der Waals surface area contributed by atoms with Crippen molar-refractivity contribution in [1.82, 2.24) is 9.97 Å². The molecule has 0 aliphatic heterocycles. The summed E-state index contributed by atoms with van der Waals surface area (Å²) in [6, 6.07) is 11.8. The van der Waals surface area contributed by atoms with E-state index >= 15 is 0 Å². The molecule has 2 heterocycles. The highest BCUT2D eigenvalue weighted by Crippen LogP contribution is 2.22. The summed E-state index contributed by atoms with van der Waals surface area (Å²) < 4.78 is 5.47. The number of nitriles is 1. The minimum absolute atomic E-state index is 0.491. The van der Waals surface area contributed by atoms with Crippen LogP contribution in [0.3, 0.4) is 0 Å². The molecule has 0 spiro atoms. The number of furan rings is 1. The number of rotatable bonds is 2. The number of hydrogen-bond acceptors (Lipinski definition) is 3. The molecule has 0 fully saturated rings. The van der Waals surface area contributed by atoms with E-state index in [0.29, 0.717) is 11.4 Å². The molecule has 0 amide bonds. The Labute approximate surface area is 116 Å². The Morgan fingerprint density at radius 2 is 2.15 bits per heavy atom. The van der Waals surface area contributed by atoms with Crippen LogP contribution in [0.5, 0.6) is 0 Å². The zero-order valence-corrected chi connectivity index (χ0v) is 11.3. The first-order valence-corrected chi connectivity index (χ1v) is 6.31. The van der Waals surface area contributed by atoms with Gasteiger partial charge in [0.1, 0.15) is 23.4 Å². The van der Waals surface area contributed by atoms with Crippen LogP contribution in [-0.4, -0.2) is 9.97 Å². The van der Waals surface area contributed by atoms with Crippen molar-refractivity contribution in [1.29, 1.82) is 5.26 Å². The lowest BCUT2D eigenvalue weighted by molar-refractivity contribution is 0.504. The Hall–Kier alpha value is -2.80. The van der Waals surface area contributed by atoms with E-state index in [9.17, 15) is 5.26 Å². The van der Waals surface area contributed by atoms with E-state index in [-0.39, 0.29) is 0 Å². The van der Waals surface area contributed by atoms with Gasteiger partial charge in [-0.25, -0.2) is 4.98 Å². The highest BCUT2D eigenvalue weighted by molar-refractivity contribution is 5.90. The predicted molar refractivity (Wildman–Crippen MR) is 77.8 cm³/mol. The van der Waals surface area contributed by atoms with Crippen molar-refractivity contribution in [2.45, 2.75) is 13.8 Å². The highest BCUT2D eigenvalue weighted by Gasteiger charge is 2.09. The third-order valence-corrected chi connectivity index (χ3v) is 3.14. The van der Waals surface area contributed by atoms with Gasteiger partial charge in [-0.2, -0.15) is 5.26 Å². The van der Waals surface area contributed by atoms with Crippen molar-refractivity contribution in [2.75, 3.05) is 0 Å². The number of fused-ring (bicyclic) bond motifs is 1. The maximum Gasteiger partial charge on any atom is 0.149 e. The van der Waals surface area contributed by atoms with Gasteiger partial charge in [-0.15, -0.1) is 0 Å². The van der Waals surface area contributed by atoms with Gasteiger partial charge in [-0.1, -0.05) is 12.1 Å². The summed E-state index contributed by atoms with van der Waals surface area (Å²) in [6.45, 7) is 3.77. The number of aromatic amines is 1. The van der Waals surface area contributed by atoms with Crippen LogP contribution in [0, 0.1) is 25.2 Å². The van der Waals surface area contributed by atoms with E-state index in [1.807, 2.05) is 44.2 Å². The number of aromatic nitrogens is 2. The quantitative estimate of drug-likeness (QED) is 0.714. The van der Waals surface area contributed by atoms with Crippen LogP contribution in [0.25, 0.3) is 22.7 Å². The van der Waals surface area contributed by atoms with Crippen LogP contribution in [0.15, 0.2) is 34.7 Å². The van der Waals surface area contributed by atoms with Gasteiger partial charge in [0.05, 0.1) is 16.6 Å². The normalized spacial score (nSPS) is 11.8. The number of para-hydroxylation sites is 2. The second kappa shape index (κ2) is 4.71. The number of imidazole rings is 1. The number of nitrogens with zero attached hydrogens (tertiary/aromatic N) is 2. The van der Waals surface area contributed by atoms with Crippen LogP contribution in [0.2, 0.25) is 0 Å². The maximum absolute atomic E-state index is 9.35. The van der Waals surface area contributed by atoms with Crippen molar-refractivity contribution >= 4 is 22.7 Å². The predicted octanol–water partition coefficient (Wildman–Crippen LogP) is 3.84. The van der Waals surface area contributed by atoms with Crippen LogP contribution >= 0.6 is 0 Å². The largest absolute Gasteiger partial charge is 0.466 e. The summed E-state index contributed by atoms with van der Waals surface area (Å²) in [5, 5.41) is 9.35. The van der Waals surface area contributed by atoms with E-state index in [4.69, 9.17) is 4.42 Å². The molecule has 0 saturated heterocycles.